The first-order valence-corrected chi connectivity index (χ1v) is 11.9. The Bertz CT molecular complexity index is 1230. The van der Waals surface area contributed by atoms with E-state index < -0.39 is 12.1 Å². The number of halogens is 1. The molecule has 3 aromatic rings. The average Bonchev–Trinajstić information content (AvgIpc) is 3.40. The van der Waals surface area contributed by atoms with E-state index in [2.05, 4.69) is 9.88 Å². The van der Waals surface area contributed by atoms with Gasteiger partial charge in [-0.3, -0.25) is 4.79 Å². The number of carbonyl (C=O) groups excluding carboxylic acids is 2. The van der Waals surface area contributed by atoms with Crippen LogP contribution in [-0.4, -0.2) is 73.9 Å². The van der Waals surface area contributed by atoms with Gasteiger partial charge in [0, 0.05) is 44.7 Å². The summed E-state index contributed by atoms with van der Waals surface area (Å²) in [5.41, 5.74) is 2.18. The van der Waals surface area contributed by atoms with Crippen molar-refractivity contribution in [1.29, 1.82) is 0 Å². The van der Waals surface area contributed by atoms with Gasteiger partial charge in [0.15, 0.2) is 0 Å². The van der Waals surface area contributed by atoms with Crippen LogP contribution in [0.15, 0.2) is 60.8 Å². The van der Waals surface area contributed by atoms with Gasteiger partial charge < -0.3 is 33.9 Å². The highest BCUT2D eigenvalue weighted by molar-refractivity contribution is 5.94. The van der Waals surface area contributed by atoms with E-state index in [0.717, 1.165) is 11.3 Å². The second kappa shape index (κ2) is 11.8. The van der Waals surface area contributed by atoms with Crippen molar-refractivity contribution in [1.82, 2.24) is 14.4 Å². The third-order valence-corrected chi connectivity index (χ3v) is 6.37. The molecule has 0 saturated carbocycles. The average molecular weight is 511 g/mol. The van der Waals surface area contributed by atoms with E-state index in [-0.39, 0.29) is 31.4 Å². The Morgan fingerprint density at radius 2 is 1.84 bits per heavy atom. The zero-order valence-electron chi connectivity index (χ0n) is 21.1. The molecular weight excluding hydrogens is 479 g/mol. The number of benzene rings is 2. The monoisotopic (exact) mass is 510 g/mol. The third kappa shape index (κ3) is 5.86. The number of anilines is 1. The maximum absolute atomic E-state index is 13.7. The quantitative estimate of drug-likeness (QED) is 0.474. The number of hydrogen-bond donors (Lipinski definition) is 1. The highest BCUT2D eigenvalue weighted by Crippen LogP contribution is 2.33. The van der Waals surface area contributed by atoms with Crippen LogP contribution in [0.1, 0.15) is 17.3 Å². The van der Waals surface area contributed by atoms with Crippen molar-refractivity contribution in [2.75, 3.05) is 52.9 Å². The molecule has 1 aromatic heterocycles. The number of nitrogens with one attached hydrogen (secondary N) is 1. The van der Waals surface area contributed by atoms with E-state index in [1.165, 1.54) is 31.3 Å². The fraction of sp³-hybridized carbons (Fsp3) is 0.333. The van der Waals surface area contributed by atoms with Crippen molar-refractivity contribution in [2.24, 2.45) is 0 Å². The predicted octanol–water partition coefficient (Wildman–Crippen LogP) is 3.76. The van der Waals surface area contributed by atoms with Gasteiger partial charge in [0.25, 0.3) is 0 Å². The molecular formula is C27H31FN4O5. The van der Waals surface area contributed by atoms with Gasteiger partial charge in [-0.25, -0.2) is 9.18 Å². The summed E-state index contributed by atoms with van der Waals surface area (Å²) in [7, 11) is 4.58. The Kier molecular flexibility index (Phi) is 8.29. The molecule has 1 aliphatic rings. The number of carbonyl (C=O) groups is 2. The molecule has 0 spiro atoms. The highest BCUT2D eigenvalue weighted by Gasteiger charge is 2.33. The van der Waals surface area contributed by atoms with E-state index in [1.807, 2.05) is 18.3 Å². The summed E-state index contributed by atoms with van der Waals surface area (Å²) in [6, 6.07) is 14.2. The molecule has 0 radical (unpaired) electrons. The van der Waals surface area contributed by atoms with Crippen molar-refractivity contribution in [3.8, 4) is 11.5 Å². The molecule has 2 heterocycles. The van der Waals surface area contributed by atoms with E-state index in [4.69, 9.17) is 14.2 Å². The number of fused-ring (bicyclic) bond motifs is 1. The van der Waals surface area contributed by atoms with Crippen molar-refractivity contribution in [2.45, 2.75) is 12.6 Å². The summed E-state index contributed by atoms with van der Waals surface area (Å²) < 4.78 is 31.5. The van der Waals surface area contributed by atoms with Crippen molar-refractivity contribution in [3.63, 3.8) is 0 Å². The lowest BCUT2D eigenvalue weighted by atomic mass is 9.99. The van der Waals surface area contributed by atoms with Crippen LogP contribution in [0.2, 0.25) is 0 Å². The first kappa shape index (κ1) is 26.0. The van der Waals surface area contributed by atoms with Crippen molar-refractivity contribution < 1.29 is 28.2 Å². The molecule has 1 atom stereocenters. The van der Waals surface area contributed by atoms with Gasteiger partial charge in [0.2, 0.25) is 5.91 Å². The van der Waals surface area contributed by atoms with Crippen LogP contribution in [0.25, 0.3) is 0 Å². The number of rotatable bonds is 9. The lowest BCUT2D eigenvalue weighted by Gasteiger charge is -2.38. The molecule has 37 heavy (non-hydrogen) atoms. The maximum atomic E-state index is 13.7. The second-order valence-electron chi connectivity index (χ2n) is 8.58. The molecule has 0 bridgehead atoms. The van der Waals surface area contributed by atoms with E-state index >= 15 is 0 Å². The smallest absolute Gasteiger partial charge is 0.322 e. The Labute approximate surface area is 215 Å². The fourth-order valence-electron chi connectivity index (χ4n) is 4.45. The van der Waals surface area contributed by atoms with Gasteiger partial charge in [0.05, 0.1) is 32.6 Å². The number of amides is 3. The number of urea groups is 1. The Hall–Kier alpha value is -4.05. The van der Waals surface area contributed by atoms with Crippen molar-refractivity contribution >= 4 is 17.6 Å². The minimum absolute atomic E-state index is 0.161. The van der Waals surface area contributed by atoms with Gasteiger partial charge in [-0.2, -0.15) is 0 Å². The number of ether oxygens (including phenoxy) is 3. The van der Waals surface area contributed by atoms with Gasteiger partial charge >= 0.3 is 6.03 Å². The molecule has 3 amide bonds. The Morgan fingerprint density at radius 1 is 1.05 bits per heavy atom. The highest BCUT2D eigenvalue weighted by atomic mass is 19.1. The summed E-state index contributed by atoms with van der Waals surface area (Å²) in [5, 5.41) is 2.83. The van der Waals surface area contributed by atoms with E-state index in [1.54, 1.807) is 42.3 Å². The molecule has 10 heteroatoms. The first-order valence-electron chi connectivity index (χ1n) is 11.9. The summed E-state index contributed by atoms with van der Waals surface area (Å²) >= 11 is 0. The van der Waals surface area contributed by atoms with Gasteiger partial charge in [-0.15, -0.1) is 0 Å². The number of aromatic nitrogens is 1. The molecule has 1 unspecified atom stereocenters. The fourth-order valence-corrected chi connectivity index (χ4v) is 4.45. The lowest BCUT2D eigenvalue weighted by molar-refractivity contribution is -0.134. The largest absolute Gasteiger partial charge is 0.497 e. The molecule has 1 N–H and O–H groups in total. The third-order valence-electron chi connectivity index (χ3n) is 6.37. The van der Waals surface area contributed by atoms with Crippen LogP contribution in [0, 0.1) is 5.82 Å². The number of methoxy groups -OCH3 is 3. The summed E-state index contributed by atoms with van der Waals surface area (Å²) in [5.74, 6) is 0.445. The van der Waals surface area contributed by atoms with Crippen LogP contribution in [0.3, 0.4) is 0 Å². The molecule has 9 nitrogen and oxygen atoms in total. The molecule has 0 fully saturated rings. The molecule has 4 rings (SSSR count). The van der Waals surface area contributed by atoms with E-state index in [9.17, 15) is 14.0 Å². The summed E-state index contributed by atoms with van der Waals surface area (Å²) in [4.78, 5) is 30.1. The number of hydrogen-bond acceptors (Lipinski definition) is 5. The van der Waals surface area contributed by atoms with Crippen molar-refractivity contribution in [3.05, 3.63) is 77.9 Å². The predicted molar refractivity (Wildman–Crippen MR) is 136 cm³/mol. The van der Waals surface area contributed by atoms with Gasteiger partial charge in [-0.1, -0.05) is 12.1 Å². The number of nitrogens with zero attached hydrogens (tertiary/aromatic N) is 3. The van der Waals surface area contributed by atoms with Gasteiger partial charge in [0.1, 0.15) is 23.9 Å². The van der Waals surface area contributed by atoms with Crippen LogP contribution in [0.4, 0.5) is 14.9 Å². The molecule has 2 aromatic carbocycles. The van der Waals surface area contributed by atoms with Gasteiger partial charge in [-0.05, 0) is 42.0 Å². The molecule has 0 saturated heterocycles. The van der Waals surface area contributed by atoms with Crippen LogP contribution in [-0.2, 0) is 16.1 Å². The topological polar surface area (TPSA) is 85.3 Å². The van der Waals surface area contributed by atoms with E-state index in [0.29, 0.717) is 30.3 Å². The second-order valence-corrected chi connectivity index (χ2v) is 8.58. The van der Waals surface area contributed by atoms with Crippen LogP contribution >= 0.6 is 0 Å². The molecule has 1 aliphatic heterocycles. The Balaban J connectivity index is 1.56. The summed E-state index contributed by atoms with van der Waals surface area (Å²) in [6.07, 6.45) is 1.97. The Morgan fingerprint density at radius 3 is 2.54 bits per heavy atom. The standard InChI is InChI=1S/C27H31FN4O5/c1-35-16-15-31(27(34)29-22-11-10-21(36-2)17-24(22)37-3)18-25(33)32-14-13-30-12-4-5-23(30)26(32)19-6-8-20(28)9-7-19/h4-12,17,26H,13-16,18H2,1-3H3,(H,29,34). The minimum atomic E-state index is -0.465. The zero-order valence-corrected chi connectivity index (χ0v) is 21.1. The molecule has 0 aliphatic carbocycles. The first-order chi connectivity index (χ1) is 17.9. The summed E-state index contributed by atoms with van der Waals surface area (Å²) in [6.45, 7) is 1.38. The normalized spacial score (nSPS) is 14.6. The maximum Gasteiger partial charge on any atom is 0.322 e. The SMILES string of the molecule is COCCN(CC(=O)N1CCn2cccc2C1c1ccc(F)cc1)C(=O)Nc1ccc(OC)cc1OC. The van der Waals surface area contributed by atoms with Crippen LogP contribution in [0.5, 0.6) is 11.5 Å². The minimum Gasteiger partial charge on any atom is -0.497 e. The zero-order chi connectivity index (χ0) is 26.4. The van der Waals surface area contributed by atoms with Crippen LogP contribution < -0.4 is 14.8 Å². The lowest BCUT2D eigenvalue weighted by Crippen LogP contribution is -2.49. The molecule has 196 valence electrons.